The maximum atomic E-state index is 13.1. The van der Waals surface area contributed by atoms with E-state index in [1.54, 1.807) is 38.1 Å². The van der Waals surface area contributed by atoms with Crippen LogP contribution in [0.5, 0.6) is 0 Å². The minimum Gasteiger partial charge on any atom is -0.503 e. The highest BCUT2D eigenvalue weighted by Gasteiger charge is 2.44. The number of carbonyl (C=O) groups excluding carboxylic acids is 3. The maximum absolute atomic E-state index is 13.1. The van der Waals surface area contributed by atoms with Crippen LogP contribution < -0.4 is 4.90 Å². The normalized spacial score (nSPS) is 16.3. The molecule has 1 amide bonds. The lowest BCUT2D eigenvalue weighted by atomic mass is 9.90. The van der Waals surface area contributed by atoms with Crippen molar-refractivity contribution < 1.29 is 24.2 Å². The van der Waals surface area contributed by atoms with Crippen molar-refractivity contribution in [1.82, 2.24) is 0 Å². The Hall–Kier alpha value is -3.41. The first-order valence-electron chi connectivity index (χ1n) is 10.8. The molecule has 0 fully saturated rings. The first-order chi connectivity index (χ1) is 15.1. The average Bonchev–Trinajstić information content (AvgIpc) is 3.02. The van der Waals surface area contributed by atoms with Gasteiger partial charge < -0.3 is 9.84 Å². The number of esters is 1. The second kappa shape index (κ2) is 9.39. The van der Waals surface area contributed by atoms with E-state index in [1.807, 2.05) is 45.0 Å². The minimum atomic E-state index is -0.754. The third-order valence-electron chi connectivity index (χ3n) is 5.28. The third-order valence-corrected chi connectivity index (χ3v) is 5.28. The number of benzene rings is 2. The van der Waals surface area contributed by atoms with Crippen molar-refractivity contribution in [1.29, 1.82) is 0 Å². The number of amides is 1. The van der Waals surface area contributed by atoms with E-state index in [9.17, 15) is 19.5 Å². The molecule has 168 valence electrons. The fraction of sp³-hybridized carbons (Fsp3) is 0.346. The second-order valence-electron chi connectivity index (χ2n) is 8.81. The van der Waals surface area contributed by atoms with Crippen LogP contribution in [0.25, 0.3) is 0 Å². The highest BCUT2D eigenvalue weighted by molar-refractivity contribution is 6.17. The number of carbonyl (C=O) groups is 3. The van der Waals surface area contributed by atoms with Crippen LogP contribution >= 0.6 is 0 Å². The van der Waals surface area contributed by atoms with E-state index in [-0.39, 0.29) is 23.2 Å². The van der Waals surface area contributed by atoms with Crippen LogP contribution in [-0.4, -0.2) is 29.4 Å². The van der Waals surface area contributed by atoms with Crippen molar-refractivity contribution in [2.24, 2.45) is 11.8 Å². The average molecular weight is 436 g/mol. The molecule has 0 bridgehead atoms. The van der Waals surface area contributed by atoms with Crippen molar-refractivity contribution in [3.63, 3.8) is 0 Å². The summed E-state index contributed by atoms with van der Waals surface area (Å²) in [4.78, 5) is 39.7. The molecule has 1 atom stereocenters. The molecule has 1 N–H and O–H groups in total. The molecule has 1 aliphatic rings. The van der Waals surface area contributed by atoms with Crippen LogP contribution in [0.3, 0.4) is 0 Å². The lowest BCUT2D eigenvalue weighted by Crippen LogP contribution is -2.31. The number of aliphatic hydroxyl groups is 1. The molecule has 0 radical (unpaired) electrons. The van der Waals surface area contributed by atoms with Crippen LogP contribution in [0.4, 0.5) is 5.69 Å². The summed E-state index contributed by atoms with van der Waals surface area (Å²) < 4.78 is 5.26. The predicted molar refractivity (Wildman–Crippen MR) is 122 cm³/mol. The molecule has 0 saturated carbocycles. The highest BCUT2D eigenvalue weighted by Crippen LogP contribution is 2.42. The summed E-state index contributed by atoms with van der Waals surface area (Å²) in [6, 6.07) is 13.2. The summed E-state index contributed by atoms with van der Waals surface area (Å²) in [5.41, 5.74) is 2.63. The van der Waals surface area contributed by atoms with Gasteiger partial charge in [0.15, 0.2) is 11.5 Å². The van der Waals surface area contributed by atoms with Crippen LogP contribution in [0, 0.1) is 18.8 Å². The number of hydrogen-bond donors (Lipinski definition) is 1. The first kappa shape index (κ1) is 23.3. The number of ether oxygens (including phenoxy) is 1. The first-order valence-corrected chi connectivity index (χ1v) is 10.8. The fourth-order valence-corrected chi connectivity index (χ4v) is 3.67. The van der Waals surface area contributed by atoms with E-state index in [2.05, 4.69) is 0 Å². The van der Waals surface area contributed by atoms with Gasteiger partial charge in [0.25, 0.3) is 5.91 Å². The summed E-state index contributed by atoms with van der Waals surface area (Å²) in [6.45, 7) is 9.63. The Bertz CT molecular complexity index is 1070. The number of Topliss-reactive ketones (excluding diaryl/α,β-unsaturated/α-hetero) is 1. The lowest BCUT2D eigenvalue weighted by molar-refractivity contribution is -0.119. The summed E-state index contributed by atoms with van der Waals surface area (Å²) in [5, 5.41) is 10.7. The lowest BCUT2D eigenvalue weighted by Gasteiger charge is -2.27. The number of aryl methyl sites for hydroxylation is 1. The van der Waals surface area contributed by atoms with Gasteiger partial charge in [0.1, 0.15) is 0 Å². The van der Waals surface area contributed by atoms with Crippen molar-refractivity contribution in [2.45, 2.75) is 40.7 Å². The van der Waals surface area contributed by atoms with Gasteiger partial charge in [-0.2, -0.15) is 0 Å². The standard InChI is InChI=1S/C26H29NO5/c1-15(2)14-32-26(31)18-9-11-20(12-10-18)27-22(19-8-6-7-17(5)13-19)21(23(28)16(3)4)24(29)25(27)30/h6-13,15-16,22,29H,14H2,1-5H3. The Balaban J connectivity index is 2.02. The molecule has 2 aromatic rings. The molecule has 3 rings (SSSR count). The number of nitrogens with zero attached hydrogens (tertiary/aromatic N) is 1. The highest BCUT2D eigenvalue weighted by atomic mass is 16.5. The molecular formula is C26H29NO5. The molecule has 0 saturated heterocycles. The number of hydrogen-bond acceptors (Lipinski definition) is 5. The van der Waals surface area contributed by atoms with Crippen molar-refractivity contribution in [2.75, 3.05) is 11.5 Å². The number of anilines is 1. The van der Waals surface area contributed by atoms with Crippen LogP contribution in [0.15, 0.2) is 59.9 Å². The Kier molecular flexibility index (Phi) is 6.82. The van der Waals surface area contributed by atoms with E-state index in [4.69, 9.17) is 4.74 Å². The monoisotopic (exact) mass is 435 g/mol. The van der Waals surface area contributed by atoms with Gasteiger partial charge in [-0.1, -0.05) is 57.5 Å². The Morgan fingerprint density at radius 3 is 2.28 bits per heavy atom. The molecule has 0 aliphatic carbocycles. The summed E-state index contributed by atoms with van der Waals surface area (Å²) in [5.74, 6) is -2.05. The number of rotatable bonds is 7. The van der Waals surface area contributed by atoms with E-state index < -0.39 is 23.7 Å². The molecule has 1 aliphatic heterocycles. The molecule has 6 heteroatoms. The zero-order valence-electron chi connectivity index (χ0n) is 19.1. The quantitative estimate of drug-likeness (QED) is 0.623. The Morgan fingerprint density at radius 2 is 1.72 bits per heavy atom. The zero-order valence-corrected chi connectivity index (χ0v) is 19.1. The third kappa shape index (κ3) is 4.59. The van der Waals surface area contributed by atoms with Gasteiger partial charge in [-0.15, -0.1) is 0 Å². The van der Waals surface area contributed by atoms with Crippen molar-refractivity contribution in [3.8, 4) is 0 Å². The number of ketones is 1. The Morgan fingerprint density at radius 1 is 1.06 bits per heavy atom. The molecule has 2 aromatic carbocycles. The topological polar surface area (TPSA) is 83.9 Å². The van der Waals surface area contributed by atoms with Gasteiger partial charge in [0, 0.05) is 11.6 Å². The van der Waals surface area contributed by atoms with E-state index >= 15 is 0 Å². The summed E-state index contributed by atoms with van der Waals surface area (Å²) in [7, 11) is 0. The summed E-state index contributed by atoms with van der Waals surface area (Å²) >= 11 is 0. The van der Waals surface area contributed by atoms with E-state index in [0.717, 1.165) is 11.1 Å². The molecule has 1 heterocycles. The fourth-order valence-electron chi connectivity index (χ4n) is 3.67. The molecule has 0 spiro atoms. The molecular weight excluding hydrogens is 406 g/mol. The van der Waals surface area contributed by atoms with E-state index in [1.165, 1.54) is 4.90 Å². The van der Waals surface area contributed by atoms with Gasteiger partial charge in [-0.3, -0.25) is 14.5 Å². The van der Waals surface area contributed by atoms with Gasteiger partial charge in [-0.05, 0) is 42.7 Å². The molecule has 6 nitrogen and oxygen atoms in total. The molecule has 1 unspecified atom stereocenters. The Labute approximate surface area is 188 Å². The maximum Gasteiger partial charge on any atom is 0.338 e. The molecule has 32 heavy (non-hydrogen) atoms. The van der Waals surface area contributed by atoms with Crippen LogP contribution in [0.1, 0.15) is 55.2 Å². The minimum absolute atomic E-state index is 0.0935. The predicted octanol–water partition coefficient (Wildman–Crippen LogP) is 4.93. The number of aliphatic hydroxyl groups excluding tert-OH is 1. The smallest absolute Gasteiger partial charge is 0.338 e. The van der Waals surface area contributed by atoms with Gasteiger partial charge >= 0.3 is 5.97 Å². The zero-order chi connectivity index (χ0) is 23.6. The van der Waals surface area contributed by atoms with Crippen molar-refractivity contribution in [3.05, 3.63) is 76.6 Å². The van der Waals surface area contributed by atoms with Crippen LogP contribution in [-0.2, 0) is 14.3 Å². The second-order valence-corrected chi connectivity index (χ2v) is 8.81. The van der Waals surface area contributed by atoms with Crippen molar-refractivity contribution >= 4 is 23.3 Å². The van der Waals surface area contributed by atoms with Crippen LogP contribution in [0.2, 0.25) is 0 Å². The van der Waals surface area contributed by atoms with Gasteiger partial charge in [0.2, 0.25) is 0 Å². The van der Waals surface area contributed by atoms with Gasteiger partial charge in [0.05, 0.1) is 23.8 Å². The molecule has 0 aromatic heterocycles. The summed E-state index contributed by atoms with van der Waals surface area (Å²) in [6.07, 6.45) is 0. The largest absolute Gasteiger partial charge is 0.503 e. The van der Waals surface area contributed by atoms with Gasteiger partial charge in [-0.25, -0.2) is 4.79 Å². The SMILES string of the molecule is Cc1cccc(C2C(C(=O)C(C)C)=C(O)C(=O)N2c2ccc(C(=O)OCC(C)C)cc2)c1. The van der Waals surface area contributed by atoms with E-state index in [0.29, 0.717) is 17.9 Å².